The Morgan fingerprint density at radius 1 is 1.20 bits per heavy atom. The first kappa shape index (κ1) is 20.6. The first-order chi connectivity index (χ1) is 14.4. The number of nitrogens with zero attached hydrogens (tertiary/aromatic N) is 2. The summed E-state index contributed by atoms with van der Waals surface area (Å²) in [6, 6.07) is 3.43. The highest BCUT2D eigenvalue weighted by Crippen LogP contribution is 2.41. The van der Waals surface area contributed by atoms with Gasteiger partial charge in [0.25, 0.3) is 0 Å². The van der Waals surface area contributed by atoms with Crippen LogP contribution in [0.5, 0.6) is 0 Å². The van der Waals surface area contributed by atoms with Crippen LogP contribution in [-0.2, 0) is 11.0 Å². The van der Waals surface area contributed by atoms with Crippen LogP contribution in [0.3, 0.4) is 0 Å². The molecule has 3 N–H and O–H groups in total. The Bertz CT molecular complexity index is 1080. The van der Waals surface area contributed by atoms with Gasteiger partial charge < -0.3 is 15.6 Å². The van der Waals surface area contributed by atoms with Gasteiger partial charge in [0.1, 0.15) is 5.56 Å². The summed E-state index contributed by atoms with van der Waals surface area (Å²) in [6.45, 7) is 0. The standard InChI is InChI=1S/C20H19BrF3N5O/c21-16-15(27-10-30)7-6-12-13(8-25-18(12)16)17-14(20(22,23)24)9-26-19(29-17)28-11-4-2-1-3-5-11/h6-11,25H,1-5H2,(H,27,30)(H,26,28,29). The highest BCUT2D eigenvalue weighted by Gasteiger charge is 2.36. The fraction of sp³-hybridized carbons (Fsp3) is 0.350. The number of amides is 1. The summed E-state index contributed by atoms with van der Waals surface area (Å²) < 4.78 is 41.7. The number of carbonyl (C=O) groups excluding carboxylic acids is 1. The number of benzene rings is 1. The van der Waals surface area contributed by atoms with Crippen molar-refractivity contribution in [3.8, 4) is 11.3 Å². The second-order valence-corrected chi connectivity index (χ2v) is 8.04. The molecule has 10 heteroatoms. The van der Waals surface area contributed by atoms with Gasteiger partial charge in [-0.2, -0.15) is 13.2 Å². The van der Waals surface area contributed by atoms with E-state index >= 15 is 0 Å². The van der Waals surface area contributed by atoms with Crippen molar-refractivity contribution in [2.45, 2.75) is 44.3 Å². The zero-order chi connectivity index (χ0) is 21.3. The quantitative estimate of drug-likeness (QED) is 0.407. The molecule has 2 heterocycles. The molecule has 0 bridgehead atoms. The van der Waals surface area contributed by atoms with E-state index in [-0.39, 0.29) is 17.7 Å². The summed E-state index contributed by atoms with van der Waals surface area (Å²) in [5.41, 5.74) is 0.285. The number of nitrogens with one attached hydrogen (secondary N) is 3. The number of alkyl halides is 3. The molecule has 0 spiro atoms. The summed E-state index contributed by atoms with van der Waals surface area (Å²) in [7, 11) is 0. The number of anilines is 2. The molecule has 0 atom stereocenters. The Morgan fingerprint density at radius 3 is 2.67 bits per heavy atom. The van der Waals surface area contributed by atoms with Crippen LogP contribution < -0.4 is 10.6 Å². The lowest BCUT2D eigenvalue weighted by molar-refractivity contribution is -0.137. The fourth-order valence-electron chi connectivity index (χ4n) is 3.83. The van der Waals surface area contributed by atoms with Gasteiger partial charge in [0.2, 0.25) is 12.4 Å². The van der Waals surface area contributed by atoms with E-state index in [0.717, 1.165) is 31.9 Å². The minimum absolute atomic E-state index is 0.164. The molecule has 2 aromatic heterocycles. The second-order valence-electron chi connectivity index (χ2n) is 7.25. The van der Waals surface area contributed by atoms with E-state index in [2.05, 4.69) is 41.5 Å². The van der Waals surface area contributed by atoms with Crippen LogP contribution >= 0.6 is 15.9 Å². The first-order valence-electron chi connectivity index (χ1n) is 9.59. The molecule has 4 rings (SSSR count). The van der Waals surface area contributed by atoms with Crippen LogP contribution in [0, 0.1) is 0 Å². The maximum absolute atomic E-state index is 13.7. The van der Waals surface area contributed by atoms with Crippen molar-refractivity contribution in [1.29, 1.82) is 0 Å². The average Bonchev–Trinajstić information content (AvgIpc) is 3.15. The predicted molar refractivity (Wildman–Crippen MR) is 112 cm³/mol. The van der Waals surface area contributed by atoms with Crippen LogP contribution in [0.1, 0.15) is 37.7 Å². The lowest BCUT2D eigenvalue weighted by Gasteiger charge is -2.23. The molecule has 158 valence electrons. The average molecular weight is 482 g/mol. The van der Waals surface area contributed by atoms with Gasteiger partial charge in [-0.25, -0.2) is 9.97 Å². The molecule has 0 radical (unpaired) electrons. The Kier molecular flexibility index (Phi) is 5.68. The minimum Gasteiger partial charge on any atom is -0.360 e. The smallest absolute Gasteiger partial charge is 0.360 e. The number of H-pyrrole nitrogens is 1. The van der Waals surface area contributed by atoms with Crippen molar-refractivity contribution in [2.24, 2.45) is 0 Å². The van der Waals surface area contributed by atoms with Crippen molar-refractivity contribution in [2.75, 3.05) is 10.6 Å². The van der Waals surface area contributed by atoms with Crippen LogP contribution in [0.2, 0.25) is 0 Å². The topological polar surface area (TPSA) is 82.7 Å². The molecule has 0 saturated heterocycles. The van der Waals surface area contributed by atoms with Crippen molar-refractivity contribution in [1.82, 2.24) is 15.0 Å². The molecule has 3 aromatic rings. The summed E-state index contributed by atoms with van der Waals surface area (Å²) in [5, 5.41) is 6.28. The van der Waals surface area contributed by atoms with Crippen LogP contribution in [0.4, 0.5) is 24.8 Å². The number of aromatic amines is 1. The number of halogens is 4. The summed E-state index contributed by atoms with van der Waals surface area (Å²) >= 11 is 3.39. The molecule has 1 aromatic carbocycles. The number of hydrogen-bond donors (Lipinski definition) is 3. The van der Waals surface area contributed by atoms with Crippen LogP contribution in [0.15, 0.2) is 29.0 Å². The lowest BCUT2D eigenvalue weighted by Crippen LogP contribution is -2.24. The summed E-state index contributed by atoms with van der Waals surface area (Å²) in [4.78, 5) is 21.9. The van der Waals surface area contributed by atoms with E-state index in [0.29, 0.717) is 33.0 Å². The zero-order valence-corrected chi connectivity index (χ0v) is 17.4. The van der Waals surface area contributed by atoms with Crippen LogP contribution in [0.25, 0.3) is 22.2 Å². The third-order valence-electron chi connectivity index (χ3n) is 5.30. The number of aromatic nitrogens is 3. The molecule has 1 saturated carbocycles. The molecule has 30 heavy (non-hydrogen) atoms. The predicted octanol–water partition coefficient (Wildman–Crippen LogP) is 5.72. The van der Waals surface area contributed by atoms with Gasteiger partial charge in [-0.15, -0.1) is 0 Å². The third-order valence-corrected chi connectivity index (χ3v) is 6.12. The Balaban J connectivity index is 1.80. The van der Waals surface area contributed by atoms with E-state index in [4.69, 9.17) is 0 Å². The maximum Gasteiger partial charge on any atom is 0.419 e. The van der Waals surface area contributed by atoms with E-state index in [1.165, 1.54) is 12.6 Å². The fourth-order valence-corrected chi connectivity index (χ4v) is 4.40. The molecular formula is C20H19BrF3N5O. The SMILES string of the molecule is O=CNc1ccc2c(-c3nc(NC4CCCCC4)ncc3C(F)(F)F)c[nH]c2c1Br. The van der Waals surface area contributed by atoms with E-state index in [1.807, 2.05) is 0 Å². The van der Waals surface area contributed by atoms with Gasteiger partial charge >= 0.3 is 6.18 Å². The minimum atomic E-state index is -4.60. The molecule has 1 amide bonds. The molecule has 0 unspecified atom stereocenters. The van der Waals surface area contributed by atoms with Crippen molar-refractivity contribution in [3.63, 3.8) is 0 Å². The first-order valence-corrected chi connectivity index (χ1v) is 10.4. The number of hydrogen-bond acceptors (Lipinski definition) is 4. The van der Waals surface area contributed by atoms with E-state index in [9.17, 15) is 18.0 Å². The van der Waals surface area contributed by atoms with Gasteiger partial charge in [0.15, 0.2) is 0 Å². The third kappa shape index (κ3) is 4.00. The van der Waals surface area contributed by atoms with Gasteiger partial charge in [-0.05, 0) is 34.8 Å². The number of rotatable bonds is 5. The monoisotopic (exact) mass is 481 g/mol. The van der Waals surface area contributed by atoms with Crippen molar-refractivity contribution >= 4 is 44.9 Å². The zero-order valence-electron chi connectivity index (χ0n) is 15.8. The Hall–Kier alpha value is -2.62. The van der Waals surface area contributed by atoms with Gasteiger partial charge in [-0.1, -0.05) is 25.3 Å². The van der Waals surface area contributed by atoms with Crippen molar-refractivity contribution < 1.29 is 18.0 Å². The van der Waals surface area contributed by atoms with Gasteiger partial charge in [-0.3, -0.25) is 4.79 Å². The lowest BCUT2D eigenvalue weighted by atomic mass is 9.96. The molecule has 6 nitrogen and oxygen atoms in total. The highest BCUT2D eigenvalue weighted by atomic mass is 79.9. The number of fused-ring (bicyclic) bond motifs is 1. The summed E-state index contributed by atoms with van der Waals surface area (Å²) in [6.07, 6.45) is 3.49. The van der Waals surface area contributed by atoms with Crippen LogP contribution in [-0.4, -0.2) is 27.4 Å². The molecule has 1 aliphatic carbocycles. The van der Waals surface area contributed by atoms with E-state index < -0.39 is 11.7 Å². The van der Waals surface area contributed by atoms with Crippen molar-refractivity contribution in [3.05, 3.63) is 34.6 Å². The largest absolute Gasteiger partial charge is 0.419 e. The highest BCUT2D eigenvalue weighted by molar-refractivity contribution is 9.10. The van der Waals surface area contributed by atoms with Gasteiger partial charge in [0.05, 0.1) is 21.4 Å². The second kappa shape index (κ2) is 8.25. The normalized spacial score (nSPS) is 15.3. The Morgan fingerprint density at radius 2 is 1.97 bits per heavy atom. The maximum atomic E-state index is 13.7. The van der Waals surface area contributed by atoms with Gasteiger partial charge in [0, 0.05) is 29.4 Å². The Labute approximate surface area is 178 Å². The molecule has 0 aliphatic heterocycles. The summed E-state index contributed by atoms with van der Waals surface area (Å²) in [5.74, 6) is 0.192. The number of carbonyl (C=O) groups is 1. The molecular weight excluding hydrogens is 463 g/mol. The van der Waals surface area contributed by atoms with E-state index in [1.54, 1.807) is 12.1 Å². The molecule has 1 fully saturated rings. The molecule has 1 aliphatic rings.